The van der Waals surface area contributed by atoms with Gasteiger partial charge >= 0.3 is 12.1 Å². The molecule has 0 aromatic heterocycles. The number of alkyl carbamates (subject to hydrolysis) is 1. The molecule has 2 aliphatic rings. The van der Waals surface area contributed by atoms with Gasteiger partial charge in [-0.1, -0.05) is 54.6 Å². The van der Waals surface area contributed by atoms with Gasteiger partial charge in [0, 0.05) is 5.92 Å². The summed E-state index contributed by atoms with van der Waals surface area (Å²) < 4.78 is 5.50. The van der Waals surface area contributed by atoms with E-state index in [1.54, 1.807) is 0 Å². The van der Waals surface area contributed by atoms with Crippen LogP contribution in [-0.4, -0.2) is 41.3 Å². The number of hydrogen-bond acceptors (Lipinski definition) is 4. The van der Waals surface area contributed by atoms with Gasteiger partial charge < -0.3 is 20.5 Å². The van der Waals surface area contributed by atoms with Crippen molar-refractivity contribution in [2.24, 2.45) is 0 Å². The lowest BCUT2D eigenvalue weighted by molar-refractivity contribution is -0.152. The van der Waals surface area contributed by atoms with Gasteiger partial charge in [-0.2, -0.15) is 0 Å². The molecule has 2 aliphatic carbocycles. The normalized spacial score (nSPS) is 16.6. The molecule has 1 saturated carbocycles. The first-order valence-corrected chi connectivity index (χ1v) is 10.7. The number of ether oxygens (including phenoxy) is 1. The van der Waals surface area contributed by atoms with E-state index in [9.17, 15) is 19.5 Å². The number of amides is 2. The first-order chi connectivity index (χ1) is 15.4. The Labute approximate surface area is 186 Å². The second kappa shape index (κ2) is 8.86. The smallest absolute Gasteiger partial charge is 0.407 e. The van der Waals surface area contributed by atoms with Gasteiger partial charge in [0.25, 0.3) is 0 Å². The minimum absolute atomic E-state index is 0.0925. The second-order valence-corrected chi connectivity index (χ2v) is 8.28. The summed E-state index contributed by atoms with van der Waals surface area (Å²) in [5.41, 5.74) is 3.19. The quantitative estimate of drug-likeness (QED) is 0.551. The number of benzene rings is 2. The highest BCUT2D eigenvalue weighted by molar-refractivity contribution is 5.92. The number of carboxylic acids is 1. The maximum absolute atomic E-state index is 12.7. The summed E-state index contributed by atoms with van der Waals surface area (Å²) in [6, 6.07) is 15.1. The van der Waals surface area contributed by atoms with Crippen LogP contribution in [0.5, 0.6) is 0 Å². The van der Waals surface area contributed by atoms with Gasteiger partial charge in [-0.15, -0.1) is 6.58 Å². The fraction of sp³-hybridized carbons (Fsp3) is 0.320. The molecule has 4 rings (SSSR count). The Bertz CT molecular complexity index is 1010. The van der Waals surface area contributed by atoms with Gasteiger partial charge in [-0.05, 0) is 47.9 Å². The second-order valence-electron chi connectivity index (χ2n) is 8.28. The molecule has 0 saturated heterocycles. The number of fused-ring (bicyclic) bond motifs is 3. The Kier molecular flexibility index (Phi) is 5.99. The van der Waals surface area contributed by atoms with Crippen LogP contribution in [0.1, 0.15) is 42.7 Å². The molecule has 0 aliphatic heterocycles. The van der Waals surface area contributed by atoms with E-state index >= 15 is 0 Å². The molecule has 32 heavy (non-hydrogen) atoms. The highest BCUT2D eigenvalue weighted by atomic mass is 16.5. The van der Waals surface area contributed by atoms with E-state index in [0.717, 1.165) is 28.7 Å². The van der Waals surface area contributed by atoms with Crippen LogP contribution in [0.4, 0.5) is 4.79 Å². The third-order valence-electron chi connectivity index (χ3n) is 6.33. The third kappa shape index (κ3) is 3.98. The van der Waals surface area contributed by atoms with Gasteiger partial charge in [0.05, 0.1) is 0 Å². The van der Waals surface area contributed by atoms with Crippen molar-refractivity contribution >= 4 is 18.0 Å². The highest BCUT2D eigenvalue weighted by Crippen LogP contribution is 2.44. The van der Waals surface area contributed by atoms with Crippen molar-refractivity contribution in [1.29, 1.82) is 0 Å². The van der Waals surface area contributed by atoms with E-state index in [0.29, 0.717) is 12.8 Å². The molecule has 1 atom stereocenters. The monoisotopic (exact) mass is 434 g/mol. The zero-order chi connectivity index (χ0) is 22.7. The van der Waals surface area contributed by atoms with Gasteiger partial charge in [-0.25, -0.2) is 9.59 Å². The van der Waals surface area contributed by atoms with E-state index in [2.05, 4.69) is 29.3 Å². The van der Waals surface area contributed by atoms with Gasteiger partial charge in [0.2, 0.25) is 5.91 Å². The minimum Gasteiger partial charge on any atom is -0.480 e. The number of nitrogens with one attached hydrogen (secondary N) is 2. The zero-order valence-corrected chi connectivity index (χ0v) is 17.7. The van der Waals surface area contributed by atoms with E-state index in [-0.39, 0.29) is 18.9 Å². The van der Waals surface area contributed by atoms with Crippen molar-refractivity contribution in [3.63, 3.8) is 0 Å². The molecule has 0 bridgehead atoms. The maximum Gasteiger partial charge on any atom is 0.407 e. The molecule has 0 heterocycles. The van der Waals surface area contributed by atoms with Gasteiger partial charge in [0.15, 0.2) is 0 Å². The molecule has 0 spiro atoms. The molecule has 7 nitrogen and oxygen atoms in total. The summed E-state index contributed by atoms with van der Waals surface area (Å²) in [5.74, 6) is -1.71. The van der Waals surface area contributed by atoms with Crippen LogP contribution in [0.3, 0.4) is 0 Å². The lowest BCUT2D eigenvalue weighted by atomic mass is 9.76. The molecule has 7 heteroatoms. The summed E-state index contributed by atoms with van der Waals surface area (Å²) >= 11 is 0. The summed E-state index contributed by atoms with van der Waals surface area (Å²) in [5, 5.41) is 14.6. The van der Waals surface area contributed by atoms with Crippen LogP contribution < -0.4 is 10.6 Å². The van der Waals surface area contributed by atoms with E-state index in [4.69, 9.17) is 4.74 Å². The average Bonchev–Trinajstić information content (AvgIpc) is 3.08. The van der Waals surface area contributed by atoms with Gasteiger partial charge in [-0.3, -0.25) is 4.79 Å². The van der Waals surface area contributed by atoms with E-state index in [1.165, 1.54) is 6.08 Å². The van der Waals surface area contributed by atoms with Crippen LogP contribution in [0.2, 0.25) is 0 Å². The number of aliphatic carboxylic acids is 1. The Hall–Kier alpha value is -3.61. The molecule has 3 N–H and O–H groups in total. The van der Waals surface area contributed by atoms with Crippen molar-refractivity contribution < 1.29 is 24.2 Å². The molecule has 166 valence electrons. The Morgan fingerprint density at radius 1 is 1.09 bits per heavy atom. The van der Waals surface area contributed by atoms with Crippen LogP contribution >= 0.6 is 0 Å². The molecule has 2 aromatic rings. The van der Waals surface area contributed by atoms with Crippen molar-refractivity contribution in [2.75, 3.05) is 6.61 Å². The number of carboxylic acid groups (broad SMARTS) is 1. The van der Waals surface area contributed by atoms with E-state index < -0.39 is 29.6 Å². The first kappa shape index (κ1) is 21.6. The number of carbonyl (C=O) groups excluding carboxylic acids is 2. The van der Waals surface area contributed by atoms with Crippen molar-refractivity contribution in [1.82, 2.24) is 10.6 Å². The van der Waals surface area contributed by atoms with Crippen LogP contribution in [0, 0.1) is 0 Å². The van der Waals surface area contributed by atoms with E-state index in [1.807, 2.05) is 36.4 Å². The third-order valence-corrected chi connectivity index (χ3v) is 6.33. The van der Waals surface area contributed by atoms with Crippen LogP contribution in [-0.2, 0) is 14.3 Å². The standard InChI is InChI=1S/C25H26N2O5/c1-2-8-21(22(28)27-25(23(29)30)13-7-14-25)26-24(31)32-15-20-18-11-5-3-9-16(18)17-10-4-6-12-19(17)20/h2-6,9-12,20-21H,1,7-8,13-15H2,(H,26,31)(H,27,28)(H,29,30). The Morgan fingerprint density at radius 3 is 2.19 bits per heavy atom. The molecule has 2 aromatic carbocycles. The summed E-state index contributed by atoms with van der Waals surface area (Å²) in [6.07, 6.45) is 2.42. The maximum atomic E-state index is 12.7. The largest absolute Gasteiger partial charge is 0.480 e. The predicted molar refractivity (Wildman–Crippen MR) is 119 cm³/mol. The topological polar surface area (TPSA) is 105 Å². The SMILES string of the molecule is C=CCC(NC(=O)OCC1c2ccccc2-c2ccccc21)C(=O)NC1(C(=O)O)CCC1. The van der Waals surface area contributed by atoms with Crippen molar-refractivity contribution in [3.05, 3.63) is 72.3 Å². The number of rotatable bonds is 8. The predicted octanol–water partition coefficient (Wildman–Crippen LogP) is 3.59. The Morgan fingerprint density at radius 2 is 1.69 bits per heavy atom. The fourth-order valence-corrected chi connectivity index (χ4v) is 4.43. The van der Waals surface area contributed by atoms with Gasteiger partial charge in [0.1, 0.15) is 18.2 Å². The molecule has 2 amide bonds. The van der Waals surface area contributed by atoms with Crippen LogP contribution in [0.25, 0.3) is 11.1 Å². The first-order valence-electron chi connectivity index (χ1n) is 10.7. The number of hydrogen-bond donors (Lipinski definition) is 3. The molecule has 1 unspecified atom stereocenters. The molecule has 1 fully saturated rings. The summed E-state index contributed by atoms with van der Waals surface area (Å²) in [7, 11) is 0. The zero-order valence-electron chi connectivity index (χ0n) is 17.7. The lowest BCUT2D eigenvalue weighted by Gasteiger charge is -2.39. The van der Waals surface area contributed by atoms with Crippen molar-refractivity contribution in [3.8, 4) is 11.1 Å². The Balaban J connectivity index is 1.41. The summed E-state index contributed by atoms with van der Waals surface area (Å²) in [6.45, 7) is 3.75. The average molecular weight is 434 g/mol. The fourth-order valence-electron chi connectivity index (χ4n) is 4.43. The molecular weight excluding hydrogens is 408 g/mol. The molecule has 0 radical (unpaired) electrons. The minimum atomic E-state index is -1.25. The lowest BCUT2D eigenvalue weighted by Crippen LogP contribution is -2.62. The molecular formula is C25H26N2O5. The number of carbonyl (C=O) groups is 3. The highest BCUT2D eigenvalue weighted by Gasteiger charge is 2.46. The van der Waals surface area contributed by atoms with Crippen LogP contribution in [0.15, 0.2) is 61.2 Å². The van der Waals surface area contributed by atoms with Crippen molar-refractivity contribution in [2.45, 2.75) is 43.2 Å². The summed E-state index contributed by atoms with van der Waals surface area (Å²) in [4.78, 5) is 36.8.